The first-order valence-corrected chi connectivity index (χ1v) is 8.62. The molecular weight excluding hydrogens is 348 g/mol. The summed E-state index contributed by atoms with van der Waals surface area (Å²) in [5.74, 6) is 0. The van der Waals surface area contributed by atoms with E-state index < -0.39 is 0 Å². The summed E-state index contributed by atoms with van der Waals surface area (Å²) in [4.78, 5) is 0. The summed E-state index contributed by atoms with van der Waals surface area (Å²) in [6, 6.07) is 19.3. The minimum atomic E-state index is -0.0498. The fraction of sp³-hybridized carbons (Fsp3) is 0.143. The van der Waals surface area contributed by atoms with Crippen molar-refractivity contribution < 1.29 is 4.42 Å². The highest BCUT2D eigenvalue weighted by molar-refractivity contribution is 9.10. The minimum absolute atomic E-state index is 0.0498. The van der Waals surface area contributed by atoms with E-state index in [1.807, 2.05) is 12.1 Å². The lowest BCUT2D eigenvalue weighted by molar-refractivity contribution is 0.620. The van der Waals surface area contributed by atoms with Gasteiger partial charge in [0, 0.05) is 26.2 Å². The number of benzene rings is 3. The number of fused-ring (bicyclic) bond motifs is 7. The van der Waals surface area contributed by atoms with Crippen LogP contribution in [0.4, 0.5) is 0 Å². The molecule has 0 aliphatic heterocycles. The molecule has 112 valence electrons. The zero-order chi connectivity index (χ0) is 15.8. The second kappa shape index (κ2) is 4.27. The highest BCUT2D eigenvalue weighted by Crippen LogP contribution is 2.52. The number of hydrogen-bond donors (Lipinski definition) is 0. The lowest BCUT2D eigenvalue weighted by Gasteiger charge is -2.21. The number of halogens is 1. The van der Waals surface area contributed by atoms with Gasteiger partial charge < -0.3 is 4.42 Å². The normalized spacial score (nSPS) is 15.1. The Bertz CT molecular complexity index is 1100. The summed E-state index contributed by atoms with van der Waals surface area (Å²) in [5.41, 5.74) is 7.22. The van der Waals surface area contributed by atoms with Crippen LogP contribution in [0.15, 0.2) is 63.5 Å². The molecule has 1 aliphatic rings. The molecule has 23 heavy (non-hydrogen) atoms. The van der Waals surface area contributed by atoms with Crippen LogP contribution in [0.2, 0.25) is 0 Å². The topological polar surface area (TPSA) is 13.1 Å². The summed E-state index contributed by atoms with van der Waals surface area (Å²) in [5, 5.41) is 2.35. The van der Waals surface area contributed by atoms with Gasteiger partial charge in [-0.3, -0.25) is 0 Å². The molecule has 0 saturated carbocycles. The Morgan fingerprint density at radius 2 is 1.70 bits per heavy atom. The molecule has 1 heterocycles. The van der Waals surface area contributed by atoms with Gasteiger partial charge in [0.1, 0.15) is 11.2 Å². The third-order valence-electron chi connectivity index (χ3n) is 5.13. The molecule has 4 aromatic rings. The molecule has 3 aromatic carbocycles. The maximum Gasteiger partial charge on any atom is 0.140 e. The van der Waals surface area contributed by atoms with Crippen LogP contribution in [0.3, 0.4) is 0 Å². The number of rotatable bonds is 0. The molecule has 0 amide bonds. The van der Waals surface area contributed by atoms with E-state index >= 15 is 0 Å². The summed E-state index contributed by atoms with van der Waals surface area (Å²) in [7, 11) is 0. The van der Waals surface area contributed by atoms with Gasteiger partial charge in [-0.2, -0.15) is 0 Å². The first kappa shape index (κ1) is 13.4. The Morgan fingerprint density at radius 1 is 0.870 bits per heavy atom. The van der Waals surface area contributed by atoms with E-state index in [4.69, 9.17) is 4.42 Å². The van der Waals surface area contributed by atoms with E-state index in [2.05, 4.69) is 72.2 Å². The Balaban J connectivity index is 2.00. The molecule has 2 heteroatoms. The fourth-order valence-corrected chi connectivity index (χ4v) is 4.65. The van der Waals surface area contributed by atoms with Crippen molar-refractivity contribution >= 4 is 37.9 Å². The highest BCUT2D eigenvalue weighted by atomic mass is 79.9. The average Bonchev–Trinajstić information content (AvgIpc) is 3.02. The van der Waals surface area contributed by atoms with Crippen LogP contribution in [-0.2, 0) is 5.41 Å². The van der Waals surface area contributed by atoms with Crippen molar-refractivity contribution in [1.82, 2.24) is 0 Å². The van der Waals surface area contributed by atoms with Gasteiger partial charge in [0.15, 0.2) is 0 Å². The standard InChI is InChI=1S/C21H15BrO/c1-21(2)15-7-4-3-6-12(15)13-10-11-14-18-16(22)8-5-9-17(18)23-20(14)19(13)21/h3-11H,1-2H3. The highest BCUT2D eigenvalue weighted by Gasteiger charge is 2.38. The third-order valence-corrected chi connectivity index (χ3v) is 5.79. The van der Waals surface area contributed by atoms with Gasteiger partial charge in [-0.15, -0.1) is 0 Å². The van der Waals surface area contributed by atoms with E-state index in [1.165, 1.54) is 27.6 Å². The van der Waals surface area contributed by atoms with Crippen LogP contribution in [0.1, 0.15) is 25.0 Å². The maximum atomic E-state index is 6.31. The van der Waals surface area contributed by atoms with Crippen molar-refractivity contribution in [2.75, 3.05) is 0 Å². The Labute approximate surface area is 143 Å². The largest absolute Gasteiger partial charge is 0.456 e. The second-order valence-corrected chi connectivity index (χ2v) is 7.60. The molecule has 0 spiro atoms. The van der Waals surface area contributed by atoms with Crippen LogP contribution >= 0.6 is 15.9 Å². The van der Waals surface area contributed by atoms with Crippen molar-refractivity contribution in [2.24, 2.45) is 0 Å². The summed E-state index contributed by atoms with van der Waals surface area (Å²) >= 11 is 3.67. The van der Waals surface area contributed by atoms with Crippen molar-refractivity contribution in [3.63, 3.8) is 0 Å². The molecular formula is C21H15BrO. The molecule has 0 saturated heterocycles. The predicted octanol–water partition coefficient (Wildman–Crippen LogP) is 6.65. The molecule has 0 bridgehead atoms. The van der Waals surface area contributed by atoms with Gasteiger partial charge in [0.2, 0.25) is 0 Å². The van der Waals surface area contributed by atoms with Gasteiger partial charge in [-0.1, -0.05) is 66.2 Å². The third kappa shape index (κ3) is 1.57. The Morgan fingerprint density at radius 3 is 2.57 bits per heavy atom. The van der Waals surface area contributed by atoms with Gasteiger partial charge in [0.25, 0.3) is 0 Å². The van der Waals surface area contributed by atoms with E-state index in [1.54, 1.807) is 0 Å². The fourth-order valence-electron chi connectivity index (χ4n) is 4.09. The molecule has 1 aliphatic carbocycles. The van der Waals surface area contributed by atoms with Crippen molar-refractivity contribution in [3.05, 3.63) is 70.2 Å². The number of hydrogen-bond acceptors (Lipinski definition) is 1. The summed E-state index contributed by atoms with van der Waals surface area (Å²) in [6.45, 7) is 4.58. The first-order chi connectivity index (χ1) is 11.1. The molecule has 1 aromatic heterocycles. The van der Waals surface area contributed by atoms with Crippen LogP contribution in [0.5, 0.6) is 0 Å². The molecule has 1 nitrogen and oxygen atoms in total. The molecule has 0 fully saturated rings. The van der Waals surface area contributed by atoms with Crippen molar-refractivity contribution in [2.45, 2.75) is 19.3 Å². The predicted molar refractivity (Wildman–Crippen MR) is 99.0 cm³/mol. The van der Waals surface area contributed by atoms with E-state index in [9.17, 15) is 0 Å². The minimum Gasteiger partial charge on any atom is -0.456 e. The summed E-state index contributed by atoms with van der Waals surface area (Å²) < 4.78 is 7.40. The Hall–Kier alpha value is -2.06. The van der Waals surface area contributed by atoms with E-state index in [0.717, 1.165) is 21.0 Å². The SMILES string of the molecule is CC1(C)c2ccccc2-c2ccc3c(oc4cccc(Br)c43)c21. The van der Waals surface area contributed by atoms with Gasteiger partial charge >= 0.3 is 0 Å². The smallest absolute Gasteiger partial charge is 0.140 e. The van der Waals surface area contributed by atoms with Crippen molar-refractivity contribution in [1.29, 1.82) is 0 Å². The zero-order valence-electron chi connectivity index (χ0n) is 13.0. The molecule has 0 unspecified atom stereocenters. The lowest BCUT2D eigenvalue weighted by atomic mass is 9.82. The lowest BCUT2D eigenvalue weighted by Crippen LogP contribution is -2.15. The van der Waals surface area contributed by atoms with Gasteiger partial charge in [0.05, 0.1) is 0 Å². The van der Waals surface area contributed by atoms with E-state index in [-0.39, 0.29) is 5.41 Å². The quantitative estimate of drug-likeness (QED) is 0.341. The maximum absolute atomic E-state index is 6.31. The van der Waals surface area contributed by atoms with Crippen LogP contribution in [0.25, 0.3) is 33.1 Å². The average molecular weight is 363 g/mol. The Kier molecular flexibility index (Phi) is 2.48. The van der Waals surface area contributed by atoms with Crippen LogP contribution < -0.4 is 0 Å². The number of furan rings is 1. The van der Waals surface area contributed by atoms with Gasteiger partial charge in [-0.05, 0) is 34.9 Å². The van der Waals surface area contributed by atoms with Crippen LogP contribution in [-0.4, -0.2) is 0 Å². The van der Waals surface area contributed by atoms with Gasteiger partial charge in [-0.25, -0.2) is 0 Å². The van der Waals surface area contributed by atoms with E-state index in [0.29, 0.717) is 0 Å². The molecule has 0 radical (unpaired) electrons. The first-order valence-electron chi connectivity index (χ1n) is 7.83. The van der Waals surface area contributed by atoms with Crippen molar-refractivity contribution in [3.8, 4) is 11.1 Å². The van der Waals surface area contributed by atoms with Crippen LogP contribution in [0, 0.1) is 0 Å². The monoisotopic (exact) mass is 362 g/mol. The second-order valence-electron chi connectivity index (χ2n) is 6.75. The molecule has 5 rings (SSSR count). The zero-order valence-corrected chi connectivity index (χ0v) is 14.6. The summed E-state index contributed by atoms with van der Waals surface area (Å²) in [6.07, 6.45) is 0. The molecule has 0 atom stereocenters. The molecule has 0 N–H and O–H groups in total.